The molecule has 1 saturated heterocycles. The van der Waals surface area contributed by atoms with Crippen molar-refractivity contribution in [1.82, 2.24) is 30.3 Å². The third kappa shape index (κ3) is 5.65. The summed E-state index contributed by atoms with van der Waals surface area (Å²) in [6, 6.07) is 1.30. The van der Waals surface area contributed by atoms with Crippen molar-refractivity contribution in [2.24, 2.45) is 12.0 Å². The molecule has 8 nitrogen and oxygen atoms in total. The summed E-state index contributed by atoms with van der Waals surface area (Å²) in [5.41, 5.74) is 0. The number of likely N-dealkylation sites (tertiary alicyclic amines) is 1. The van der Waals surface area contributed by atoms with Crippen LogP contribution in [0.25, 0.3) is 0 Å². The van der Waals surface area contributed by atoms with Gasteiger partial charge in [0.2, 0.25) is 0 Å². The maximum atomic E-state index is 5.16. The maximum absolute atomic E-state index is 5.16. The molecule has 1 aromatic rings. The fourth-order valence-corrected chi connectivity index (χ4v) is 4.03. The number of nitrogens with zero attached hydrogens (tertiary/aromatic N) is 5. The number of aromatic nitrogens is 3. The molecular formula is C19H35N7O. The molecule has 0 atom stereocenters. The van der Waals surface area contributed by atoms with E-state index in [2.05, 4.69) is 25.7 Å². The van der Waals surface area contributed by atoms with Crippen LogP contribution in [0.5, 0.6) is 0 Å². The topological polar surface area (TPSA) is 79.6 Å². The van der Waals surface area contributed by atoms with Gasteiger partial charge in [-0.05, 0) is 32.6 Å². The molecule has 1 aliphatic heterocycles. The van der Waals surface area contributed by atoms with Crippen molar-refractivity contribution in [1.29, 1.82) is 0 Å². The number of guanidine groups is 1. The van der Waals surface area contributed by atoms with Crippen molar-refractivity contribution in [3.05, 3.63) is 11.6 Å². The van der Waals surface area contributed by atoms with Crippen LogP contribution in [0, 0.1) is 6.92 Å². The van der Waals surface area contributed by atoms with E-state index >= 15 is 0 Å². The van der Waals surface area contributed by atoms with Crippen LogP contribution in [0.2, 0.25) is 0 Å². The highest BCUT2D eigenvalue weighted by molar-refractivity contribution is 5.80. The van der Waals surface area contributed by atoms with Crippen molar-refractivity contribution < 1.29 is 4.74 Å². The van der Waals surface area contributed by atoms with Crippen LogP contribution >= 0.6 is 0 Å². The first-order valence-corrected chi connectivity index (χ1v) is 10.3. The molecule has 1 aliphatic carbocycles. The molecule has 8 heteroatoms. The fourth-order valence-electron chi connectivity index (χ4n) is 4.03. The van der Waals surface area contributed by atoms with Gasteiger partial charge in [0, 0.05) is 45.9 Å². The Bertz CT molecular complexity index is 601. The second kappa shape index (κ2) is 10.0. The van der Waals surface area contributed by atoms with Gasteiger partial charge in [-0.3, -0.25) is 0 Å². The van der Waals surface area contributed by atoms with Gasteiger partial charge < -0.3 is 24.8 Å². The number of rotatable bonds is 7. The minimum atomic E-state index is 0.470. The molecule has 0 aromatic carbocycles. The molecule has 0 unspecified atom stereocenters. The van der Waals surface area contributed by atoms with Crippen molar-refractivity contribution in [2.45, 2.75) is 64.1 Å². The summed E-state index contributed by atoms with van der Waals surface area (Å²) in [5.74, 6) is 2.62. The van der Waals surface area contributed by atoms with Gasteiger partial charge in [-0.25, -0.2) is 4.99 Å². The standard InChI is InChI=1S/C19H35N7O/c1-15-23-24-18(25(15)2)14-21-19(20-10-13-27-3)22-16-8-11-26(12-9-16)17-6-4-5-7-17/h16-17H,4-14H2,1-3H3,(H2,20,21,22). The van der Waals surface area contributed by atoms with Crippen molar-refractivity contribution in [3.8, 4) is 0 Å². The number of aliphatic imine (C=N–C) groups is 1. The monoisotopic (exact) mass is 377 g/mol. The highest BCUT2D eigenvalue weighted by Crippen LogP contribution is 2.26. The lowest BCUT2D eigenvalue weighted by atomic mass is 10.0. The molecule has 2 aliphatic rings. The number of ether oxygens (including phenoxy) is 1. The molecule has 0 radical (unpaired) electrons. The van der Waals surface area contributed by atoms with Crippen LogP contribution in [0.15, 0.2) is 4.99 Å². The molecular weight excluding hydrogens is 342 g/mol. The van der Waals surface area contributed by atoms with E-state index in [-0.39, 0.29) is 0 Å². The minimum Gasteiger partial charge on any atom is -0.383 e. The lowest BCUT2D eigenvalue weighted by Gasteiger charge is -2.36. The Labute approximate surface area is 162 Å². The highest BCUT2D eigenvalue weighted by atomic mass is 16.5. The third-order valence-electron chi connectivity index (χ3n) is 5.87. The molecule has 0 spiro atoms. The molecule has 3 rings (SSSR count). The van der Waals surface area contributed by atoms with Crippen LogP contribution < -0.4 is 10.6 Å². The number of aryl methyl sites for hydroxylation is 1. The first-order chi connectivity index (χ1) is 13.2. The first kappa shape index (κ1) is 20.1. The number of piperidine rings is 1. The summed E-state index contributed by atoms with van der Waals surface area (Å²) in [5, 5.41) is 15.3. The molecule has 27 heavy (non-hydrogen) atoms. The molecule has 1 saturated carbocycles. The Kier molecular flexibility index (Phi) is 7.46. The summed E-state index contributed by atoms with van der Waals surface area (Å²) < 4.78 is 7.14. The van der Waals surface area contributed by atoms with Gasteiger partial charge >= 0.3 is 0 Å². The van der Waals surface area contributed by atoms with Crippen LogP contribution in [0.1, 0.15) is 50.2 Å². The van der Waals surface area contributed by atoms with E-state index in [1.54, 1.807) is 7.11 Å². The molecule has 2 N–H and O–H groups in total. The summed E-state index contributed by atoms with van der Waals surface area (Å²) in [6.07, 6.45) is 7.94. The van der Waals surface area contributed by atoms with Crippen molar-refractivity contribution in [3.63, 3.8) is 0 Å². The summed E-state index contributed by atoms with van der Waals surface area (Å²) in [4.78, 5) is 7.43. The normalized spacial score (nSPS) is 20.3. The Morgan fingerprint density at radius 3 is 2.56 bits per heavy atom. The second-order valence-corrected chi connectivity index (χ2v) is 7.70. The molecule has 152 valence electrons. The van der Waals surface area contributed by atoms with Gasteiger partial charge in [-0.1, -0.05) is 12.8 Å². The molecule has 1 aromatic heterocycles. The number of nitrogens with one attached hydrogen (secondary N) is 2. The minimum absolute atomic E-state index is 0.470. The van der Waals surface area contributed by atoms with E-state index in [4.69, 9.17) is 9.73 Å². The number of hydrogen-bond donors (Lipinski definition) is 2. The first-order valence-electron chi connectivity index (χ1n) is 10.3. The van der Waals surface area contributed by atoms with E-state index in [0.29, 0.717) is 19.2 Å². The van der Waals surface area contributed by atoms with Crippen LogP contribution in [-0.2, 0) is 18.3 Å². The van der Waals surface area contributed by atoms with E-state index in [0.717, 1.165) is 30.2 Å². The summed E-state index contributed by atoms with van der Waals surface area (Å²) in [7, 11) is 3.69. The quantitative estimate of drug-likeness (QED) is 0.422. The average molecular weight is 378 g/mol. The van der Waals surface area contributed by atoms with Crippen LogP contribution in [0.3, 0.4) is 0 Å². The van der Waals surface area contributed by atoms with E-state index < -0.39 is 0 Å². The Balaban J connectivity index is 1.53. The fraction of sp³-hybridized carbons (Fsp3) is 0.842. The predicted octanol–water partition coefficient (Wildman–Crippen LogP) is 1.21. The van der Waals surface area contributed by atoms with Crippen molar-refractivity contribution in [2.75, 3.05) is 33.4 Å². The molecule has 2 fully saturated rings. The zero-order valence-electron chi connectivity index (χ0n) is 17.1. The van der Waals surface area contributed by atoms with Gasteiger partial charge in [0.05, 0.1) is 6.61 Å². The lowest BCUT2D eigenvalue weighted by molar-refractivity contribution is 0.150. The number of hydrogen-bond acceptors (Lipinski definition) is 5. The van der Waals surface area contributed by atoms with Gasteiger partial charge in [0.15, 0.2) is 11.8 Å². The Morgan fingerprint density at radius 1 is 1.19 bits per heavy atom. The van der Waals surface area contributed by atoms with Gasteiger partial charge in [0.1, 0.15) is 12.4 Å². The third-order valence-corrected chi connectivity index (χ3v) is 5.87. The summed E-state index contributed by atoms with van der Waals surface area (Å²) >= 11 is 0. The van der Waals surface area contributed by atoms with E-state index in [1.807, 2.05) is 18.5 Å². The van der Waals surface area contributed by atoms with E-state index in [9.17, 15) is 0 Å². The van der Waals surface area contributed by atoms with Gasteiger partial charge in [0.25, 0.3) is 0 Å². The average Bonchev–Trinajstić information content (AvgIpc) is 3.32. The van der Waals surface area contributed by atoms with Gasteiger partial charge in [-0.15, -0.1) is 10.2 Å². The Hall–Kier alpha value is -1.67. The zero-order chi connectivity index (χ0) is 19.1. The van der Waals surface area contributed by atoms with E-state index in [1.165, 1.54) is 51.6 Å². The van der Waals surface area contributed by atoms with Gasteiger partial charge in [-0.2, -0.15) is 0 Å². The molecule has 0 amide bonds. The predicted molar refractivity (Wildman–Crippen MR) is 107 cm³/mol. The maximum Gasteiger partial charge on any atom is 0.192 e. The smallest absolute Gasteiger partial charge is 0.192 e. The molecule has 0 bridgehead atoms. The van der Waals surface area contributed by atoms with Crippen LogP contribution in [-0.4, -0.2) is 71.1 Å². The van der Waals surface area contributed by atoms with Crippen molar-refractivity contribution >= 4 is 5.96 Å². The number of methoxy groups -OCH3 is 1. The summed E-state index contributed by atoms with van der Waals surface area (Å²) in [6.45, 7) is 6.24. The second-order valence-electron chi connectivity index (χ2n) is 7.70. The highest BCUT2D eigenvalue weighted by Gasteiger charge is 2.27. The SMILES string of the molecule is COCCNC(=NCc1nnc(C)n1C)NC1CCN(C2CCCC2)CC1. The largest absolute Gasteiger partial charge is 0.383 e. The molecule has 2 heterocycles. The van der Waals surface area contributed by atoms with Crippen LogP contribution in [0.4, 0.5) is 0 Å². The zero-order valence-corrected chi connectivity index (χ0v) is 17.1. The lowest BCUT2D eigenvalue weighted by Crippen LogP contribution is -2.50. The Morgan fingerprint density at radius 2 is 1.93 bits per heavy atom.